The summed E-state index contributed by atoms with van der Waals surface area (Å²) in [4.78, 5) is 22.7. The Bertz CT molecular complexity index is 649. The van der Waals surface area contributed by atoms with Crippen LogP contribution in [0.25, 0.3) is 0 Å². The smallest absolute Gasteiger partial charge is 0.307 e. The van der Waals surface area contributed by atoms with Gasteiger partial charge >= 0.3 is 5.97 Å². The summed E-state index contributed by atoms with van der Waals surface area (Å²) in [5.41, 5.74) is 2.78. The average Bonchev–Trinajstić information content (AvgIpc) is 3.11. The number of amides is 1. The van der Waals surface area contributed by atoms with Crippen LogP contribution < -0.4 is 5.32 Å². The van der Waals surface area contributed by atoms with E-state index in [-0.39, 0.29) is 17.7 Å². The molecule has 21 heavy (non-hydrogen) atoms. The van der Waals surface area contributed by atoms with Crippen molar-refractivity contribution in [1.82, 2.24) is 0 Å². The number of rotatable bonds is 5. The van der Waals surface area contributed by atoms with E-state index in [1.807, 2.05) is 41.1 Å². The Hall–Kier alpha value is -2.14. The molecule has 1 aliphatic carbocycles. The molecule has 108 valence electrons. The third-order valence-corrected chi connectivity index (χ3v) is 4.41. The normalized spacial score (nSPS) is 20.0. The van der Waals surface area contributed by atoms with E-state index in [9.17, 15) is 9.59 Å². The van der Waals surface area contributed by atoms with Gasteiger partial charge < -0.3 is 10.4 Å². The van der Waals surface area contributed by atoms with Crippen LogP contribution in [0.4, 0.5) is 5.69 Å². The summed E-state index contributed by atoms with van der Waals surface area (Å²) in [6, 6.07) is 9.39. The summed E-state index contributed by atoms with van der Waals surface area (Å²) in [7, 11) is 0. The minimum atomic E-state index is -0.729. The third kappa shape index (κ3) is 3.31. The van der Waals surface area contributed by atoms with Crippen LogP contribution in [0.5, 0.6) is 0 Å². The van der Waals surface area contributed by atoms with Crippen molar-refractivity contribution in [1.29, 1.82) is 0 Å². The third-order valence-electron chi connectivity index (χ3n) is 3.68. The molecule has 0 aliphatic heterocycles. The van der Waals surface area contributed by atoms with Gasteiger partial charge in [0.2, 0.25) is 5.91 Å². The first-order valence-corrected chi connectivity index (χ1v) is 7.71. The molecule has 2 aromatic rings. The van der Waals surface area contributed by atoms with Gasteiger partial charge in [-0.25, -0.2) is 0 Å². The van der Waals surface area contributed by atoms with Crippen LogP contribution in [0.1, 0.15) is 23.5 Å². The number of hydrogen-bond donors (Lipinski definition) is 2. The molecule has 1 saturated carbocycles. The highest BCUT2D eigenvalue weighted by Crippen LogP contribution is 2.47. The lowest BCUT2D eigenvalue weighted by Gasteiger charge is -2.06. The van der Waals surface area contributed by atoms with E-state index in [1.54, 1.807) is 11.3 Å². The molecule has 1 aliphatic rings. The molecule has 1 aromatic carbocycles. The van der Waals surface area contributed by atoms with E-state index < -0.39 is 5.97 Å². The molecule has 2 N–H and O–H groups in total. The van der Waals surface area contributed by atoms with Crippen molar-refractivity contribution in [2.45, 2.75) is 18.8 Å². The molecule has 0 saturated heterocycles. The lowest BCUT2D eigenvalue weighted by atomic mass is 10.1. The van der Waals surface area contributed by atoms with Gasteiger partial charge in [-0.15, -0.1) is 0 Å². The SMILES string of the molecule is O=C(Cc1ccsc1)Nc1ccc([C@@H]2C[C@H]2C(=O)O)cc1. The van der Waals surface area contributed by atoms with Crippen LogP contribution in [-0.2, 0) is 16.0 Å². The zero-order chi connectivity index (χ0) is 14.8. The Morgan fingerprint density at radius 3 is 2.57 bits per heavy atom. The molecular weight excluding hydrogens is 286 g/mol. The fourth-order valence-electron chi connectivity index (χ4n) is 2.43. The van der Waals surface area contributed by atoms with E-state index in [2.05, 4.69) is 5.32 Å². The number of benzene rings is 1. The van der Waals surface area contributed by atoms with E-state index in [0.29, 0.717) is 12.8 Å². The van der Waals surface area contributed by atoms with Gasteiger partial charge in [0.25, 0.3) is 0 Å². The molecule has 1 amide bonds. The van der Waals surface area contributed by atoms with Crippen LogP contribution in [0.15, 0.2) is 41.1 Å². The summed E-state index contributed by atoms with van der Waals surface area (Å²) >= 11 is 1.57. The maximum absolute atomic E-state index is 11.9. The number of hydrogen-bond acceptors (Lipinski definition) is 3. The molecule has 2 atom stereocenters. The van der Waals surface area contributed by atoms with Gasteiger partial charge in [-0.3, -0.25) is 9.59 Å². The van der Waals surface area contributed by atoms with E-state index >= 15 is 0 Å². The minimum Gasteiger partial charge on any atom is -0.481 e. The molecule has 1 aromatic heterocycles. The summed E-state index contributed by atoms with van der Waals surface area (Å²) in [6.45, 7) is 0. The number of nitrogens with one attached hydrogen (secondary N) is 1. The number of aliphatic carboxylic acids is 1. The molecule has 0 spiro atoms. The van der Waals surface area contributed by atoms with Gasteiger partial charge in [0.15, 0.2) is 0 Å². The van der Waals surface area contributed by atoms with Gasteiger partial charge in [0, 0.05) is 5.69 Å². The zero-order valence-corrected chi connectivity index (χ0v) is 12.1. The molecule has 4 nitrogen and oxygen atoms in total. The molecule has 0 radical (unpaired) electrons. The van der Waals surface area contributed by atoms with Gasteiger partial charge in [0.1, 0.15) is 0 Å². The second-order valence-electron chi connectivity index (χ2n) is 5.27. The molecule has 0 unspecified atom stereocenters. The summed E-state index contributed by atoms with van der Waals surface area (Å²) < 4.78 is 0. The lowest BCUT2D eigenvalue weighted by Crippen LogP contribution is -2.13. The van der Waals surface area contributed by atoms with Crippen LogP contribution in [-0.4, -0.2) is 17.0 Å². The van der Waals surface area contributed by atoms with Gasteiger partial charge in [0.05, 0.1) is 12.3 Å². The molecule has 1 heterocycles. The first-order valence-electron chi connectivity index (χ1n) is 6.77. The largest absolute Gasteiger partial charge is 0.481 e. The zero-order valence-electron chi connectivity index (χ0n) is 11.3. The number of carboxylic acid groups (broad SMARTS) is 1. The predicted molar refractivity (Wildman–Crippen MR) is 81.6 cm³/mol. The Labute approximate surface area is 126 Å². The van der Waals surface area contributed by atoms with Crippen molar-refractivity contribution in [2.75, 3.05) is 5.32 Å². The number of carboxylic acids is 1. The maximum atomic E-state index is 11.9. The van der Waals surface area contributed by atoms with Crippen molar-refractivity contribution in [3.63, 3.8) is 0 Å². The van der Waals surface area contributed by atoms with Gasteiger partial charge in [-0.2, -0.15) is 11.3 Å². The summed E-state index contributed by atoms with van der Waals surface area (Å²) in [6.07, 6.45) is 1.08. The number of anilines is 1. The average molecular weight is 301 g/mol. The lowest BCUT2D eigenvalue weighted by molar-refractivity contribution is -0.138. The Kier molecular flexibility index (Phi) is 3.75. The number of thiophene rings is 1. The standard InChI is InChI=1S/C16H15NO3S/c18-15(7-10-5-6-21-9-10)17-12-3-1-11(2-4-12)13-8-14(13)16(19)20/h1-6,9,13-14H,7-8H2,(H,17,18)(H,19,20)/t13-,14+/m0/s1. The fourth-order valence-corrected chi connectivity index (χ4v) is 3.10. The van der Waals surface area contributed by atoms with Gasteiger partial charge in [-0.1, -0.05) is 12.1 Å². The van der Waals surface area contributed by atoms with Crippen LogP contribution >= 0.6 is 11.3 Å². The van der Waals surface area contributed by atoms with Crippen LogP contribution in [0.3, 0.4) is 0 Å². The molecule has 3 rings (SSSR count). The van der Waals surface area contributed by atoms with Crippen LogP contribution in [0, 0.1) is 5.92 Å². The molecule has 5 heteroatoms. The highest BCUT2D eigenvalue weighted by Gasteiger charge is 2.43. The predicted octanol–water partition coefficient (Wildman–Crippen LogP) is 3.12. The number of carbonyl (C=O) groups is 2. The van der Waals surface area contributed by atoms with Crippen molar-refractivity contribution in [3.8, 4) is 0 Å². The highest BCUT2D eigenvalue weighted by molar-refractivity contribution is 7.08. The molecular formula is C16H15NO3S. The van der Waals surface area contributed by atoms with E-state index in [4.69, 9.17) is 5.11 Å². The van der Waals surface area contributed by atoms with Crippen molar-refractivity contribution in [3.05, 3.63) is 52.2 Å². The van der Waals surface area contributed by atoms with Gasteiger partial charge in [-0.05, 0) is 52.4 Å². The van der Waals surface area contributed by atoms with E-state index in [0.717, 1.165) is 16.8 Å². The first kappa shape index (κ1) is 13.8. The fraction of sp³-hybridized carbons (Fsp3) is 0.250. The van der Waals surface area contributed by atoms with Crippen molar-refractivity contribution in [2.24, 2.45) is 5.92 Å². The Morgan fingerprint density at radius 2 is 2.00 bits per heavy atom. The first-order chi connectivity index (χ1) is 10.1. The summed E-state index contributed by atoms with van der Waals surface area (Å²) in [5, 5.41) is 15.7. The van der Waals surface area contributed by atoms with E-state index in [1.165, 1.54) is 0 Å². The molecule has 0 bridgehead atoms. The summed E-state index contributed by atoms with van der Waals surface area (Å²) in [5.74, 6) is -0.897. The van der Waals surface area contributed by atoms with Crippen molar-refractivity contribution < 1.29 is 14.7 Å². The van der Waals surface area contributed by atoms with Crippen molar-refractivity contribution >= 4 is 28.9 Å². The Morgan fingerprint density at radius 1 is 1.24 bits per heavy atom. The molecule has 1 fully saturated rings. The Balaban J connectivity index is 1.57. The highest BCUT2D eigenvalue weighted by atomic mass is 32.1. The number of carbonyl (C=O) groups excluding carboxylic acids is 1. The maximum Gasteiger partial charge on any atom is 0.307 e. The monoisotopic (exact) mass is 301 g/mol. The second kappa shape index (κ2) is 5.69. The van der Waals surface area contributed by atoms with Crippen LogP contribution in [0.2, 0.25) is 0 Å². The second-order valence-corrected chi connectivity index (χ2v) is 6.05. The quantitative estimate of drug-likeness (QED) is 0.891. The topological polar surface area (TPSA) is 66.4 Å². The minimum absolute atomic E-state index is 0.0454.